The molecule has 0 aliphatic carbocycles. The van der Waals surface area contributed by atoms with Gasteiger partial charge in [0.05, 0.1) is 24.2 Å². The quantitative estimate of drug-likeness (QED) is 0.582. The van der Waals surface area contributed by atoms with Gasteiger partial charge in [-0.1, -0.05) is 0 Å². The maximum absolute atomic E-state index is 8.81. The number of hydrogen-bond donors (Lipinski definition) is 0. The predicted octanol–water partition coefficient (Wildman–Crippen LogP) is 2.76. The van der Waals surface area contributed by atoms with E-state index in [2.05, 4.69) is 6.07 Å². The van der Waals surface area contributed by atoms with E-state index in [4.69, 9.17) is 14.7 Å². The molecule has 0 aromatic heterocycles. The molecule has 0 saturated heterocycles. The van der Waals surface area contributed by atoms with Crippen LogP contribution in [0.15, 0.2) is 0 Å². The highest BCUT2D eigenvalue weighted by Gasteiger charge is 2.15. The molecule has 0 aliphatic heterocycles. The fourth-order valence-electron chi connectivity index (χ4n) is 1.19. The van der Waals surface area contributed by atoms with Gasteiger partial charge < -0.3 is 9.47 Å². The number of hydrogen-bond acceptors (Lipinski definition) is 3. The zero-order valence-corrected chi connectivity index (χ0v) is 10.4. The molecule has 0 bridgehead atoms. The van der Waals surface area contributed by atoms with Crippen LogP contribution in [0.2, 0.25) is 0 Å². The number of rotatable bonds is 8. The standard InChI is InChI=1S/C12H23NO2/c1-5-14-9-11(2)15-8-6-7-12(3,4)10-13/h11H,5-9H2,1-4H3. The number of nitriles is 1. The molecule has 0 rings (SSSR count). The molecule has 1 unspecified atom stereocenters. The Balaban J connectivity index is 3.43. The second kappa shape index (κ2) is 7.67. The third-order valence-corrected chi connectivity index (χ3v) is 2.21. The summed E-state index contributed by atoms with van der Waals surface area (Å²) in [5.41, 5.74) is -0.230. The lowest BCUT2D eigenvalue weighted by Gasteiger charge is -2.16. The summed E-state index contributed by atoms with van der Waals surface area (Å²) in [6.45, 7) is 9.98. The lowest BCUT2D eigenvalue weighted by Crippen LogP contribution is -2.17. The second-order valence-corrected chi connectivity index (χ2v) is 4.44. The Kier molecular flexibility index (Phi) is 7.37. The van der Waals surface area contributed by atoms with Gasteiger partial charge in [0.15, 0.2) is 0 Å². The average Bonchev–Trinajstić information content (AvgIpc) is 2.21. The summed E-state index contributed by atoms with van der Waals surface area (Å²) in [7, 11) is 0. The molecule has 0 aromatic carbocycles. The van der Waals surface area contributed by atoms with E-state index >= 15 is 0 Å². The van der Waals surface area contributed by atoms with Crippen molar-refractivity contribution < 1.29 is 9.47 Å². The summed E-state index contributed by atoms with van der Waals surface area (Å²) in [6, 6.07) is 2.28. The minimum absolute atomic E-state index is 0.148. The fourth-order valence-corrected chi connectivity index (χ4v) is 1.19. The normalized spacial score (nSPS) is 13.5. The SMILES string of the molecule is CCOCC(C)OCCCC(C)(C)C#N. The summed E-state index contributed by atoms with van der Waals surface area (Å²) in [4.78, 5) is 0. The molecule has 0 saturated carbocycles. The first kappa shape index (κ1) is 14.4. The summed E-state index contributed by atoms with van der Waals surface area (Å²) < 4.78 is 10.8. The van der Waals surface area contributed by atoms with Gasteiger partial charge in [-0.05, 0) is 40.5 Å². The van der Waals surface area contributed by atoms with Crippen molar-refractivity contribution >= 4 is 0 Å². The molecule has 0 heterocycles. The molecule has 0 spiro atoms. The van der Waals surface area contributed by atoms with Crippen molar-refractivity contribution in [2.75, 3.05) is 19.8 Å². The number of nitrogens with zero attached hydrogens (tertiary/aromatic N) is 1. The molecule has 3 heteroatoms. The van der Waals surface area contributed by atoms with Crippen LogP contribution in [0.1, 0.15) is 40.5 Å². The molecule has 1 atom stereocenters. The highest BCUT2D eigenvalue weighted by molar-refractivity contribution is 4.91. The second-order valence-electron chi connectivity index (χ2n) is 4.44. The van der Waals surface area contributed by atoms with E-state index in [0.29, 0.717) is 13.2 Å². The Hall–Kier alpha value is -0.590. The Morgan fingerprint density at radius 2 is 2.07 bits per heavy atom. The van der Waals surface area contributed by atoms with Crippen LogP contribution < -0.4 is 0 Å². The van der Waals surface area contributed by atoms with Crippen LogP contribution in [0.3, 0.4) is 0 Å². The van der Waals surface area contributed by atoms with E-state index in [9.17, 15) is 0 Å². The summed E-state index contributed by atoms with van der Waals surface area (Å²) in [6.07, 6.45) is 1.96. The smallest absolute Gasteiger partial charge is 0.0780 e. The molecule has 0 fully saturated rings. The van der Waals surface area contributed by atoms with Gasteiger partial charge in [-0.15, -0.1) is 0 Å². The van der Waals surface area contributed by atoms with Crippen LogP contribution >= 0.6 is 0 Å². The van der Waals surface area contributed by atoms with Crippen LogP contribution in [0.5, 0.6) is 0 Å². The van der Waals surface area contributed by atoms with Crippen LogP contribution in [0.4, 0.5) is 0 Å². The van der Waals surface area contributed by atoms with Crippen molar-refractivity contribution in [1.82, 2.24) is 0 Å². The Morgan fingerprint density at radius 1 is 1.40 bits per heavy atom. The van der Waals surface area contributed by atoms with Crippen LogP contribution in [-0.4, -0.2) is 25.9 Å². The molecule has 0 amide bonds. The maximum atomic E-state index is 8.81. The monoisotopic (exact) mass is 213 g/mol. The first-order chi connectivity index (χ1) is 7.02. The molecule has 0 aromatic rings. The fraction of sp³-hybridized carbons (Fsp3) is 0.917. The zero-order valence-electron chi connectivity index (χ0n) is 10.4. The van der Waals surface area contributed by atoms with Crippen molar-refractivity contribution in [2.45, 2.75) is 46.6 Å². The molecular formula is C12H23NO2. The maximum Gasteiger partial charge on any atom is 0.0780 e. The molecule has 88 valence electrons. The molecular weight excluding hydrogens is 190 g/mol. The van der Waals surface area contributed by atoms with Crippen molar-refractivity contribution in [3.63, 3.8) is 0 Å². The summed E-state index contributed by atoms with van der Waals surface area (Å²) >= 11 is 0. The third-order valence-electron chi connectivity index (χ3n) is 2.21. The zero-order chi connectivity index (χ0) is 11.7. The minimum Gasteiger partial charge on any atom is -0.379 e. The first-order valence-corrected chi connectivity index (χ1v) is 5.62. The van der Waals surface area contributed by atoms with E-state index in [0.717, 1.165) is 19.4 Å². The highest BCUT2D eigenvalue weighted by atomic mass is 16.5. The van der Waals surface area contributed by atoms with E-state index in [1.807, 2.05) is 27.7 Å². The topological polar surface area (TPSA) is 42.2 Å². The predicted molar refractivity (Wildman–Crippen MR) is 60.5 cm³/mol. The Morgan fingerprint density at radius 3 is 2.60 bits per heavy atom. The van der Waals surface area contributed by atoms with E-state index in [-0.39, 0.29) is 11.5 Å². The van der Waals surface area contributed by atoms with Crippen LogP contribution in [-0.2, 0) is 9.47 Å². The van der Waals surface area contributed by atoms with E-state index < -0.39 is 0 Å². The van der Waals surface area contributed by atoms with Gasteiger partial charge in [0, 0.05) is 13.2 Å². The van der Waals surface area contributed by atoms with Gasteiger partial charge in [-0.25, -0.2) is 0 Å². The first-order valence-electron chi connectivity index (χ1n) is 5.62. The lowest BCUT2D eigenvalue weighted by molar-refractivity contribution is -0.00578. The van der Waals surface area contributed by atoms with E-state index in [1.165, 1.54) is 0 Å². The summed E-state index contributed by atoms with van der Waals surface area (Å²) in [5.74, 6) is 0. The average molecular weight is 213 g/mol. The van der Waals surface area contributed by atoms with Gasteiger partial charge in [0.1, 0.15) is 0 Å². The van der Waals surface area contributed by atoms with Crippen LogP contribution in [0, 0.1) is 16.7 Å². The van der Waals surface area contributed by atoms with Crippen molar-refractivity contribution in [3.8, 4) is 6.07 Å². The van der Waals surface area contributed by atoms with Crippen molar-refractivity contribution in [1.29, 1.82) is 5.26 Å². The minimum atomic E-state index is -0.230. The highest BCUT2D eigenvalue weighted by Crippen LogP contribution is 2.20. The Labute approximate surface area is 93.4 Å². The Bertz CT molecular complexity index is 196. The molecule has 0 N–H and O–H groups in total. The van der Waals surface area contributed by atoms with Gasteiger partial charge in [0.25, 0.3) is 0 Å². The van der Waals surface area contributed by atoms with Crippen LogP contribution in [0.25, 0.3) is 0 Å². The third kappa shape index (κ3) is 8.41. The van der Waals surface area contributed by atoms with Crippen molar-refractivity contribution in [3.05, 3.63) is 0 Å². The lowest BCUT2D eigenvalue weighted by atomic mass is 9.90. The van der Waals surface area contributed by atoms with Gasteiger partial charge >= 0.3 is 0 Å². The molecule has 3 nitrogen and oxygen atoms in total. The molecule has 15 heavy (non-hydrogen) atoms. The van der Waals surface area contributed by atoms with Gasteiger partial charge in [-0.2, -0.15) is 5.26 Å². The number of ether oxygens (including phenoxy) is 2. The van der Waals surface area contributed by atoms with E-state index in [1.54, 1.807) is 0 Å². The van der Waals surface area contributed by atoms with Crippen molar-refractivity contribution in [2.24, 2.45) is 5.41 Å². The van der Waals surface area contributed by atoms with Gasteiger partial charge in [-0.3, -0.25) is 0 Å². The molecule has 0 radical (unpaired) electrons. The largest absolute Gasteiger partial charge is 0.379 e. The molecule has 0 aliphatic rings. The summed E-state index contributed by atoms with van der Waals surface area (Å²) in [5, 5.41) is 8.81. The van der Waals surface area contributed by atoms with Gasteiger partial charge in [0.2, 0.25) is 0 Å².